The number of nitrogens with zero attached hydrogens (tertiary/aromatic N) is 2. The Morgan fingerprint density at radius 2 is 1.87 bits per heavy atom. The minimum absolute atomic E-state index is 0.00166. The summed E-state index contributed by atoms with van der Waals surface area (Å²) in [6, 6.07) is 12.6. The molecule has 0 atom stereocenters. The predicted octanol–water partition coefficient (Wildman–Crippen LogP) is 2.65. The quantitative estimate of drug-likeness (QED) is 0.814. The molecule has 23 heavy (non-hydrogen) atoms. The number of benzene rings is 1. The van der Waals surface area contributed by atoms with Gasteiger partial charge in [0.1, 0.15) is 18.2 Å². The predicted molar refractivity (Wildman–Crippen MR) is 86.8 cm³/mol. The Balaban J connectivity index is 2.52. The van der Waals surface area contributed by atoms with E-state index in [9.17, 15) is 9.59 Å². The molecular weight excluding hydrogens is 292 g/mol. The number of hydrogen-bond acceptors (Lipinski definition) is 4. The number of rotatable bonds is 4. The minimum atomic E-state index is -0.509. The lowest BCUT2D eigenvalue weighted by Crippen LogP contribution is -2.29. The molecule has 5 heteroatoms. The molecule has 0 spiro atoms. The summed E-state index contributed by atoms with van der Waals surface area (Å²) in [5.41, 5.74) is 1.98. The monoisotopic (exact) mass is 310 g/mol. The van der Waals surface area contributed by atoms with Crippen LogP contribution in [0, 0.1) is 18.3 Å². The Labute approximate surface area is 134 Å². The molecule has 2 rings (SSSR count). The van der Waals surface area contributed by atoms with E-state index in [1.165, 1.54) is 10.6 Å². The van der Waals surface area contributed by atoms with Crippen LogP contribution in [0.2, 0.25) is 0 Å². The zero-order valence-corrected chi connectivity index (χ0v) is 13.4. The molecule has 0 saturated heterocycles. The molecule has 0 radical (unpaired) electrons. The van der Waals surface area contributed by atoms with E-state index < -0.39 is 11.5 Å². The largest absolute Gasteiger partial charge is 0.462 e. The van der Waals surface area contributed by atoms with E-state index in [4.69, 9.17) is 10.00 Å². The molecule has 1 aromatic heterocycles. The van der Waals surface area contributed by atoms with Gasteiger partial charge in [0, 0.05) is 0 Å². The van der Waals surface area contributed by atoms with Crippen LogP contribution in [0.5, 0.6) is 0 Å². The first kappa shape index (κ1) is 16.5. The highest BCUT2D eigenvalue weighted by Gasteiger charge is 2.15. The highest BCUT2D eigenvalue weighted by Crippen LogP contribution is 2.19. The Kier molecular flexibility index (Phi) is 4.97. The standard InChI is InChI=1S/C18H18N2O3/c1-12(2)23-17(21)11-20-16(9-8-15(10-19)18(20)22)14-6-4-13(3)5-7-14/h4-9,12H,11H2,1-3H3. The smallest absolute Gasteiger partial charge is 0.326 e. The molecule has 2 aromatic rings. The molecule has 1 aromatic carbocycles. The third-order valence-corrected chi connectivity index (χ3v) is 3.30. The van der Waals surface area contributed by atoms with Gasteiger partial charge in [-0.25, -0.2) is 0 Å². The van der Waals surface area contributed by atoms with Crippen molar-refractivity contribution in [3.8, 4) is 17.3 Å². The summed E-state index contributed by atoms with van der Waals surface area (Å²) in [7, 11) is 0. The second-order valence-corrected chi connectivity index (χ2v) is 5.54. The summed E-state index contributed by atoms with van der Waals surface area (Å²) in [5.74, 6) is -0.509. The molecule has 0 unspecified atom stereocenters. The molecule has 0 bridgehead atoms. The van der Waals surface area contributed by atoms with Gasteiger partial charge in [-0.2, -0.15) is 5.26 Å². The Morgan fingerprint density at radius 3 is 2.43 bits per heavy atom. The fourth-order valence-electron chi connectivity index (χ4n) is 2.23. The van der Waals surface area contributed by atoms with Crippen LogP contribution in [0.1, 0.15) is 25.0 Å². The maximum Gasteiger partial charge on any atom is 0.326 e. The Hall–Kier alpha value is -2.87. The number of nitriles is 1. The van der Waals surface area contributed by atoms with Gasteiger partial charge in [-0.15, -0.1) is 0 Å². The van der Waals surface area contributed by atoms with E-state index in [2.05, 4.69) is 0 Å². The SMILES string of the molecule is Cc1ccc(-c2ccc(C#N)c(=O)n2CC(=O)OC(C)C)cc1. The van der Waals surface area contributed by atoms with E-state index in [1.807, 2.05) is 37.3 Å². The molecule has 0 saturated carbocycles. The average molecular weight is 310 g/mol. The summed E-state index contributed by atoms with van der Waals surface area (Å²) in [6.07, 6.45) is -0.264. The van der Waals surface area contributed by atoms with Crippen LogP contribution < -0.4 is 5.56 Å². The molecule has 0 N–H and O–H groups in total. The highest BCUT2D eigenvalue weighted by atomic mass is 16.5. The van der Waals surface area contributed by atoms with Crippen LogP contribution in [-0.4, -0.2) is 16.6 Å². The average Bonchev–Trinajstić information content (AvgIpc) is 2.49. The van der Waals surface area contributed by atoms with Crippen LogP contribution >= 0.6 is 0 Å². The number of ether oxygens (including phenoxy) is 1. The third-order valence-electron chi connectivity index (χ3n) is 3.30. The van der Waals surface area contributed by atoms with E-state index in [0.717, 1.165) is 11.1 Å². The summed E-state index contributed by atoms with van der Waals surface area (Å²) in [5, 5.41) is 9.04. The number of pyridine rings is 1. The lowest BCUT2D eigenvalue weighted by Gasteiger charge is -2.14. The van der Waals surface area contributed by atoms with E-state index >= 15 is 0 Å². The van der Waals surface area contributed by atoms with Crippen LogP contribution in [0.25, 0.3) is 11.3 Å². The Morgan fingerprint density at radius 1 is 1.22 bits per heavy atom. The number of carbonyl (C=O) groups excluding carboxylic acids is 1. The van der Waals surface area contributed by atoms with Crippen LogP contribution in [0.4, 0.5) is 0 Å². The summed E-state index contributed by atoms with van der Waals surface area (Å²) in [6.45, 7) is 5.23. The second kappa shape index (κ2) is 6.93. The lowest BCUT2D eigenvalue weighted by molar-refractivity contribution is -0.148. The van der Waals surface area contributed by atoms with Crippen molar-refractivity contribution >= 4 is 5.97 Å². The first-order chi connectivity index (χ1) is 10.9. The molecule has 0 fully saturated rings. The molecule has 0 aliphatic carbocycles. The number of aryl methyl sites for hydroxylation is 1. The van der Waals surface area contributed by atoms with Crippen molar-refractivity contribution in [2.75, 3.05) is 0 Å². The van der Waals surface area contributed by atoms with E-state index in [1.54, 1.807) is 19.9 Å². The second-order valence-electron chi connectivity index (χ2n) is 5.54. The summed E-state index contributed by atoms with van der Waals surface area (Å²) in [4.78, 5) is 24.4. The maximum absolute atomic E-state index is 12.4. The first-order valence-electron chi connectivity index (χ1n) is 7.33. The van der Waals surface area contributed by atoms with Crippen LogP contribution in [-0.2, 0) is 16.1 Å². The number of hydrogen-bond donors (Lipinski definition) is 0. The summed E-state index contributed by atoms with van der Waals surface area (Å²) >= 11 is 0. The van der Waals surface area contributed by atoms with Crippen molar-refractivity contribution in [2.24, 2.45) is 0 Å². The van der Waals surface area contributed by atoms with Gasteiger partial charge in [0.05, 0.1) is 11.8 Å². The van der Waals surface area contributed by atoms with Crippen molar-refractivity contribution in [1.82, 2.24) is 4.57 Å². The minimum Gasteiger partial charge on any atom is -0.462 e. The van der Waals surface area contributed by atoms with Gasteiger partial charge < -0.3 is 4.74 Å². The molecule has 1 heterocycles. The van der Waals surface area contributed by atoms with E-state index in [0.29, 0.717) is 5.69 Å². The van der Waals surface area contributed by atoms with Gasteiger partial charge in [-0.3, -0.25) is 14.2 Å². The molecule has 0 aliphatic rings. The van der Waals surface area contributed by atoms with Crippen LogP contribution in [0.15, 0.2) is 41.2 Å². The maximum atomic E-state index is 12.4. The van der Waals surface area contributed by atoms with Gasteiger partial charge in [0.25, 0.3) is 5.56 Å². The number of aromatic nitrogens is 1. The van der Waals surface area contributed by atoms with Gasteiger partial charge in [-0.05, 0) is 38.5 Å². The van der Waals surface area contributed by atoms with Gasteiger partial charge in [-0.1, -0.05) is 29.8 Å². The zero-order chi connectivity index (χ0) is 17.0. The fraction of sp³-hybridized carbons (Fsp3) is 0.278. The topological polar surface area (TPSA) is 72.1 Å². The van der Waals surface area contributed by atoms with Crippen molar-refractivity contribution in [3.05, 3.63) is 57.9 Å². The molecule has 118 valence electrons. The molecule has 5 nitrogen and oxygen atoms in total. The molecule has 0 aliphatic heterocycles. The van der Waals surface area contributed by atoms with Crippen molar-refractivity contribution in [2.45, 2.75) is 33.4 Å². The molecular formula is C18H18N2O3. The lowest BCUT2D eigenvalue weighted by atomic mass is 10.1. The van der Waals surface area contributed by atoms with Gasteiger partial charge in [0.15, 0.2) is 0 Å². The normalized spacial score (nSPS) is 10.4. The fourth-order valence-corrected chi connectivity index (χ4v) is 2.23. The number of carbonyl (C=O) groups is 1. The number of esters is 1. The van der Waals surface area contributed by atoms with E-state index in [-0.39, 0.29) is 18.2 Å². The van der Waals surface area contributed by atoms with Crippen molar-refractivity contribution < 1.29 is 9.53 Å². The van der Waals surface area contributed by atoms with Gasteiger partial charge in [0.2, 0.25) is 0 Å². The summed E-state index contributed by atoms with van der Waals surface area (Å²) < 4.78 is 6.40. The van der Waals surface area contributed by atoms with Crippen LogP contribution in [0.3, 0.4) is 0 Å². The van der Waals surface area contributed by atoms with Crippen molar-refractivity contribution in [1.29, 1.82) is 5.26 Å². The van der Waals surface area contributed by atoms with Crippen molar-refractivity contribution in [3.63, 3.8) is 0 Å². The highest BCUT2D eigenvalue weighted by molar-refractivity contribution is 5.71. The zero-order valence-electron chi connectivity index (χ0n) is 13.4. The first-order valence-corrected chi connectivity index (χ1v) is 7.33. The Bertz CT molecular complexity index is 812. The molecule has 0 amide bonds. The third kappa shape index (κ3) is 3.86. The van der Waals surface area contributed by atoms with Gasteiger partial charge >= 0.3 is 5.97 Å².